The molecule has 0 amide bonds. The summed E-state index contributed by atoms with van der Waals surface area (Å²) in [6.45, 7) is -0.0153. The van der Waals surface area contributed by atoms with Gasteiger partial charge in [-0.2, -0.15) is 0 Å². The molecule has 0 spiro atoms. The van der Waals surface area contributed by atoms with Crippen molar-refractivity contribution in [2.75, 3.05) is 0 Å². The average molecular weight is 286 g/mol. The smallest absolute Gasteiger partial charge is 0.240 e. The number of sulfonamides is 1. The van der Waals surface area contributed by atoms with E-state index in [0.717, 1.165) is 38.2 Å². The molecule has 1 saturated carbocycles. The number of benzene rings is 1. The first-order chi connectivity index (χ1) is 9.03. The topological polar surface area (TPSA) is 72.2 Å². The van der Waals surface area contributed by atoms with E-state index in [1.807, 2.05) is 0 Å². The first kappa shape index (κ1) is 14.4. The number of hydrogen-bond donors (Lipinski definition) is 2. The SMILES string of the molecule is NCc1cc(S(=O)(=O)NC2CCCCC2)ccc1F. The Labute approximate surface area is 113 Å². The maximum Gasteiger partial charge on any atom is 0.240 e. The molecule has 2 rings (SSSR count). The molecule has 1 aromatic carbocycles. The van der Waals surface area contributed by atoms with E-state index >= 15 is 0 Å². The summed E-state index contributed by atoms with van der Waals surface area (Å²) in [5, 5.41) is 0. The zero-order chi connectivity index (χ0) is 13.9. The lowest BCUT2D eigenvalue weighted by atomic mass is 9.96. The molecule has 0 atom stereocenters. The van der Waals surface area contributed by atoms with Crippen LogP contribution in [0, 0.1) is 5.82 Å². The minimum absolute atomic E-state index is 0.00914. The van der Waals surface area contributed by atoms with Gasteiger partial charge in [0.15, 0.2) is 0 Å². The van der Waals surface area contributed by atoms with E-state index in [4.69, 9.17) is 5.73 Å². The van der Waals surface area contributed by atoms with Crippen molar-refractivity contribution in [2.45, 2.75) is 49.6 Å². The number of nitrogens with two attached hydrogens (primary N) is 1. The van der Waals surface area contributed by atoms with Crippen molar-refractivity contribution in [1.82, 2.24) is 4.72 Å². The van der Waals surface area contributed by atoms with Gasteiger partial charge in [-0.3, -0.25) is 0 Å². The normalized spacial score (nSPS) is 17.6. The third kappa shape index (κ3) is 3.52. The van der Waals surface area contributed by atoms with Crippen LogP contribution in [0.4, 0.5) is 4.39 Å². The first-order valence-corrected chi connectivity index (χ1v) is 8.02. The second kappa shape index (κ2) is 5.98. The van der Waals surface area contributed by atoms with Gasteiger partial charge in [-0.15, -0.1) is 0 Å². The van der Waals surface area contributed by atoms with Crippen LogP contribution in [0.15, 0.2) is 23.1 Å². The van der Waals surface area contributed by atoms with Crippen molar-refractivity contribution in [2.24, 2.45) is 5.73 Å². The fraction of sp³-hybridized carbons (Fsp3) is 0.538. The van der Waals surface area contributed by atoms with Crippen LogP contribution in [0.25, 0.3) is 0 Å². The van der Waals surface area contributed by atoms with Crippen LogP contribution < -0.4 is 10.5 Å². The Morgan fingerprint density at radius 2 is 1.95 bits per heavy atom. The van der Waals surface area contributed by atoms with Gasteiger partial charge < -0.3 is 5.73 Å². The molecule has 1 fully saturated rings. The highest BCUT2D eigenvalue weighted by molar-refractivity contribution is 7.89. The predicted octanol–water partition coefficient (Wildman–Crippen LogP) is 1.90. The van der Waals surface area contributed by atoms with Crippen LogP contribution >= 0.6 is 0 Å². The van der Waals surface area contributed by atoms with Crippen molar-refractivity contribution in [3.63, 3.8) is 0 Å². The monoisotopic (exact) mass is 286 g/mol. The highest BCUT2D eigenvalue weighted by atomic mass is 32.2. The van der Waals surface area contributed by atoms with Crippen LogP contribution in [0.1, 0.15) is 37.7 Å². The number of hydrogen-bond acceptors (Lipinski definition) is 3. The third-order valence-electron chi connectivity index (χ3n) is 3.47. The second-order valence-corrected chi connectivity index (χ2v) is 6.63. The summed E-state index contributed by atoms with van der Waals surface area (Å²) in [5.41, 5.74) is 5.61. The molecule has 19 heavy (non-hydrogen) atoms. The van der Waals surface area contributed by atoms with Gasteiger partial charge in [-0.1, -0.05) is 19.3 Å². The zero-order valence-electron chi connectivity index (χ0n) is 10.7. The Balaban J connectivity index is 2.18. The Hall–Kier alpha value is -0.980. The van der Waals surface area contributed by atoms with Crippen LogP contribution in [0.3, 0.4) is 0 Å². The van der Waals surface area contributed by atoms with E-state index < -0.39 is 15.8 Å². The van der Waals surface area contributed by atoms with Crippen molar-refractivity contribution in [3.8, 4) is 0 Å². The van der Waals surface area contributed by atoms with Crippen molar-refractivity contribution in [3.05, 3.63) is 29.6 Å². The fourth-order valence-electron chi connectivity index (χ4n) is 2.38. The molecule has 1 aliphatic rings. The van der Waals surface area contributed by atoms with Crippen LogP contribution in [-0.2, 0) is 16.6 Å². The Bertz CT molecular complexity index is 540. The molecule has 106 valence electrons. The van der Waals surface area contributed by atoms with Gasteiger partial charge in [0.2, 0.25) is 10.0 Å². The van der Waals surface area contributed by atoms with Crippen molar-refractivity contribution < 1.29 is 12.8 Å². The van der Waals surface area contributed by atoms with Gasteiger partial charge in [0, 0.05) is 18.2 Å². The van der Waals surface area contributed by atoms with Gasteiger partial charge in [-0.05, 0) is 31.0 Å². The quantitative estimate of drug-likeness (QED) is 0.888. The van der Waals surface area contributed by atoms with Crippen LogP contribution in [0.2, 0.25) is 0 Å². The van der Waals surface area contributed by atoms with Gasteiger partial charge in [0.25, 0.3) is 0 Å². The summed E-state index contributed by atoms with van der Waals surface area (Å²) in [6, 6.07) is 3.72. The summed E-state index contributed by atoms with van der Waals surface area (Å²) in [5.74, 6) is -0.473. The molecule has 4 nitrogen and oxygen atoms in total. The van der Waals surface area contributed by atoms with E-state index in [9.17, 15) is 12.8 Å². The maximum atomic E-state index is 13.3. The third-order valence-corrected chi connectivity index (χ3v) is 4.99. The van der Waals surface area contributed by atoms with E-state index in [0.29, 0.717) is 0 Å². The van der Waals surface area contributed by atoms with Gasteiger partial charge in [0.1, 0.15) is 5.82 Å². The van der Waals surface area contributed by atoms with E-state index in [2.05, 4.69) is 4.72 Å². The molecule has 0 heterocycles. The molecular weight excluding hydrogens is 267 g/mol. The summed E-state index contributed by atoms with van der Waals surface area (Å²) >= 11 is 0. The molecule has 0 radical (unpaired) electrons. The van der Waals surface area contributed by atoms with Crippen molar-refractivity contribution in [1.29, 1.82) is 0 Å². The first-order valence-electron chi connectivity index (χ1n) is 6.54. The lowest BCUT2D eigenvalue weighted by molar-refractivity contribution is 0.412. The molecule has 0 unspecified atom stereocenters. The van der Waals surface area contributed by atoms with Crippen LogP contribution in [-0.4, -0.2) is 14.5 Å². The highest BCUT2D eigenvalue weighted by Crippen LogP contribution is 2.21. The molecule has 0 aromatic heterocycles. The average Bonchev–Trinajstić information content (AvgIpc) is 2.39. The predicted molar refractivity (Wildman–Crippen MR) is 71.5 cm³/mol. The molecule has 1 aromatic rings. The van der Waals surface area contributed by atoms with Crippen LogP contribution in [0.5, 0.6) is 0 Å². The largest absolute Gasteiger partial charge is 0.326 e. The number of nitrogens with one attached hydrogen (secondary N) is 1. The maximum absolute atomic E-state index is 13.3. The summed E-state index contributed by atoms with van der Waals surface area (Å²) in [4.78, 5) is 0.0833. The summed E-state index contributed by atoms with van der Waals surface area (Å²) in [7, 11) is -3.58. The molecule has 3 N–H and O–H groups in total. The number of rotatable bonds is 4. The van der Waals surface area contributed by atoms with E-state index in [1.165, 1.54) is 12.1 Å². The molecule has 6 heteroatoms. The molecule has 0 aliphatic heterocycles. The second-order valence-electron chi connectivity index (χ2n) is 4.91. The molecule has 1 aliphatic carbocycles. The standard InChI is InChI=1S/C13H19FN2O2S/c14-13-7-6-12(8-10(13)9-15)19(17,18)16-11-4-2-1-3-5-11/h6-8,11,16H,1-5,9,15H2. The van der Waals surface area contributed by atoms with Crippen molar-refractivity contribution >= 4 is 10.0 Å². The lowest BCUT2D eigenvalue weighted by Gasteiger charge is -2.22. The Morgan fingerprint density at radius 3 is 2.58 bits per heavy atom. The zero-order valence-corrected chi connectivity index (χ0v) is 11.5. The van der Waals surface area contributed by atoms with Gasteiger partial charge in [0.05, 0.1) is 4.90 Å². The summed E-state index contributed by atoms with van der Waals surface area (Å²) < 4.78 is 40.4. The minimum atomic E-state index is -3.58. The van der Waals surface area contributed by atoms with E-state index in [-0.39, 0.29) is 23.0 Å². The molecule has 0 saturated heterocycles. The molecular formula is C13H19FN2O2S. The highest BCUT2D eigenvalue weighted by Gasteiger charge is 2.22. The Morgan fingerprint density at radius 1 is 1.26 bits per heavy atom. The number of halogens is 1. The minimum Gasteiger partial charge on any atom is -0.326 e. The molecule has 0 bridgehead atoms. The van der Waals surface area contributed by atoms with Gasteiger partial charge >= 0.3 is 0 Å². The van der Waals surface area contributed by atoms with Gasteiger partial charge in [-0.25, -0.2) is 17.5 Å². The fourth-order valence-corrected chi connectivity index (χ4v) is 3.74. The van der Waals surface area contributed by atoms with E-state index in [1.54, 1.807) is 0 Å². The summed E-state index contributed by atoms with van der Waals surface area (Å²) in [6.07, 6.45) is 4.98. The lowest BCUT2D eigenvalue weighted by Crippen LogP contribution is -2.36. The Kier molecular flexibility index (Phi) is 4.54.